The Bertz CT molecular complexity index is 1060. The van der Waals surface area contributed by atoms with Crippen molar-refractivity contribution >= 4 is 60.1 Å². The number of carbonyl (C=O) groups is 1. The van der Waals surface area contributed by atoms with Crippen LogP contribution in [0.1, 0.15) is 27.9 Å². The first kappa shape index (κ1) is 22.7. The maximum Gasteiger partial charge on any atom is 0.261 e. The van der Waals surface area contributed by atoms with Crippen LogP contribution < -0.4 is 4.90 Å². The van der Waals surface area contributed by atoms with E-state index in [0.29, 0.717) is 17.1 Å². The van der Waals surface area contributed by atoms with E-state index in [-0.39, 0.29) is 5.91 Å². The average molecular weight is 523 g/mol. The fourth-order valence-electron chi connectivity index (χ4n) is 3.73. The zero-order valence-electron chi connectivity index (χ0n) is 17.7. The highest BCUT2D eigenvalue weighted by molar-refractivity contribution is 9.10. The normalized spacial score (nSPS) is 14.8. The first-order valence-corrected chi connectivity index (χ1v) is 12.4. The van der Waals surface area contributed by atoms with Crippen molar-refractivity contribution in [3.63, 3.8) is 0 Å². The average Bonchev–Trinajstić information content (AvgIpc) is 3.22. The first-order valence-electron chi connectivity index (χ1n) is 10.4. The molecule has 164 valence electrons. The van der Waals surface area contributed by atoms with Gasteiger partial charge in [-0.3, -0.25) is 14.6 Å². The summed E-state index contributed by atoms with van der Waals surface area (Å²) in [5.41, 5.74) is 3.73. The third kappa shape index (κ3) is 5.12. The van der Waals surface area contributed by atoms with Gasteiger partial charge in [0.15, 0.2) is 5.13 Å². The molecule has 0 unspecified atom stereocenters. The maximum atomic E-state index is 13.6. The predicted octanol–water partition coefficient (Wildman–Crippen LogP) is 5.70. The van der Waals surface area contributed by atoms with Gasteiger partial charge in [0.25, 0.3) is 5.91 Å². The number of amides is 1. The lowest BCUT2D eigenvalue weighted by Crippen LogP contribution is -2.39. The number of halogens is 2. The van der Waals surface area contributed by atoms with Gasteiger partial charge in [0.2, 0.25) is 0 Å². The third-order valence-electron chi connectivity index (χ3n) is 5.53. The van der Waals surface area contributed by atoms with Crippen molar-refractivity contribution in [2.45, 2.75) is 20.3 Å². The maximum absolute atomic E-state index is 13.6. The number of anilines is 1. The summed E-state index contributed by atoms with van der Waals surface area (Å²) in [7, 11) is 0. The van der Waals surface area contributed by atoms with E-state index in [1.165, 1.54) is 5.56 Å². The number of ether oxygens (including phenoxy) is 1. The number of rotatable bonds is 6. The van der Waals surface area contributed by atoms with E-state index in [4.69, 9.17) is 21.3 Å². The molecule has 8 heteroatoms. The summed E-state index contributed by atoms with van der Waals surface area (Å²) in [6.45, 7) is 9.05. The fourth-order valence-corrected chi connectivity index (χ4v) is 5.43. The van der Waals surface area contributed by atoms with Crippen LogP contribution in [0, 0.1) is 13.8 Å². The Labute approximate surface area is 200 Å². The van der Waals surface area contributed by atoms with Gasteiger partial charge in [-0.25, -0.2) is 4.98 Å². The molecule has 0 atom stereocenters. The number of thiazole rings is 1. The Morgan fingerprint density at radius 1 is 1.23 bits per heavy atom. The highest BCUT2D eigenvalue weighted by Gasteiger charge is 2.24. The molecule has 0 N–H and O–H groups in total. The van der Waals surface area contributed by atoms with Crippen molar-refractivity contribution in [3.8, 4) is 0 Å². The lowest BCUT2D eigenvalue weighted by atomic mass is 10.1. The van der Waals surface area contributed by atoms with E-state index in [9.17, 15) is 4.79 Å². The van der Waals surface area contributed by atoms with Gasteiger partial charge >= 0.3 is 0 Å². The standard InChI is InChI=1S/C23H25BrClN3O2S/c1-15-4-5-16(2)21-20(15)26-23(31-21)28(9-3-8-27-10-12-30-13-11-27)22(29)18-14-17(24)6-7-19(18)25/h4-7,14H,3,8-13H2,1-2H3. The number of hydrogen-bond acceptors (Lipinski definition) is 5. The van der Waals surface area contributed by atoms with Crippen molar-refractivity contribution in [3.05, 3.63) is 56.5 Å². The van der Waals surface area contributed by atoms with Crippen LogP contribution in [0.15, 0.2) is 34.8 Å². The summed E-state index contributed by atoms with van der Waals surface area (Å²) in [6, 6.07) is 9.56. The number of aromatic nitrogens is 1. The minimum atomic E-state index is -0.123. The highest BCUT2D eigenvalue weighted by Crippen LogP contribution is 2.34. The summed E-state index contributed by atoms with van der Waals surface area (Å²) < 4.78 is 7.39. The molecule has 4 rings (SSSR count). The molecule has 1 aromatic heterocycles. The van der Waals surface area contributed by atoms with Gasteiger partial charge in [0, 0.05) is 30.7 Å². The van der Waals surface area contributed by atoms with Crippen LogP contribution in [0.5, 0.6) is 0 Å². The molecule has 1 aliphatic heterocycles. The van der Waals surface area contributed by atoms with Gasteiger partial charge in [-0.05, 0) is 49.6 Å². The largest absolute Gasteiger partial charge is 0.379 e. The molecule has 31 heavy (non-hydrogen) atoms. The molecule has 0 bridgehead atoms. The molecule has 1 aliphatic rings. The number of fused-ring (bicyclic) bond motifs is 1. The van der Waals surface area contributed by atoms with Crippen molar-refractivity contribution in [1.29, 1.82) is 0 Å². The molecular weight excluding hydrogens is 498 g/mol. The minimum Gasteiger partial charge on any atom is -0.379 e. The molecule has 0 aliphatic carbocycles. The summed E-state index contributed by atoms with van der Waals surface area (Å²) in [6.07, 6.45) is 0.852. The second-order valence-corrected chi connectivity index (χ2v) is 10.1. The lowest BCUT2D eigenvalue weighted by Gasteiger charge is -2.28. The molecule has 2 aromatic carbocycles. The van der Waals surface area contributed by atoms with Gasteiger partial charge in [-0.15, -0.1) is 0 Å². The molecule has 5 nitrogen and oxygen atoms in total. The Morgan fingerprint density at radius 2 is 1.97 bits per heavy atom. The zero-order chi connectivity index (χ0) is 22.0. The zero-order valence-corrected chi connectivity index (χ0v) is 20.8. The van der Waals surface area contributed by atoms with Crippen LogP contribution in [0.25, 0.3) is 10.2 Å². The van der Waals surface area contributed by atoms with Crippen LogP contribution in [0.3, 0.4) is 0 Å². The van der Waals surface area contributed by atoms with Crippen molar-refractivity contribution in [2.24, 2.45) is 0 Å². The third-order valence-corrected chi connectivity index (χ3v) is 7.56. The molecular formula is C23H25BrClN3O2S. The Kier molecular flexibility index (Phi) is 7.29. The summed E-state index contributed by atoms with van der Waals surface area (Å²) in [4.78, 5) is 22.6. The van der Waals surface area contributed by atoms with Crippen LogP contribution in [-0.2, 0) is 4.74 Å². The molecule has 3 aromatic rings. The first-order chi connectivity index (χ1) is 14.9. The van der Waals surface area contributed by atoms with Crippen LogP contribution >= 0.6 is 38.9 Å². The number of benzene rings is 2. The molecule has 1 saturated heterocycles. The highest BCUT2D eigenvalue weighted by atomic mass is 79.9. The summed E-state index contributed by atoms with van der Waals surface area (Å²) >= 11 is 11.4. The second kappa shape index (κ2) is 9.96. The molecule has 0 radical (unpaired) electrons. The Hall–Kier alpha value is -1.51. The second-order valence-electron chi connectivity index (χ2n) is 7.76. The summed E-state index contributed by atoms with van der Waals surface area (Å²) in [5.74, 6) is -0.123. The Balaban J connectivity index is 1.65. The molecule has 1 fully saturated rings. The van der Waals surface area contributed by atoms with Crippen LogP contribution in [0.2, 0.25) is 5.02 Å². The SMILES string of the molecule is Cc1ccc(C)c2sc(N(CCCN3CCOCC3)C(=O)c3cc(Br)ccc3Cl)nc12. The van der Waals surface area contributed by atoms with Crippen molar-refractivity contribution < 1.29 is 9.53 Å². The predicted molar refractivity (Wildman–Crippen MR) is 132 cm³/mol. The van der Waals surface area contributed by atoms with Gasteiger partial charge in [-0.1, -0.05) is 51.0 Å². The monoisotopic (exact) mass is 521 g/mol. The van der Waals surface area contributed by atoms with Crippen LogP contribution in [0.4, 0.5) is 5.13 Å². The van der Waals surface area contributed by atoms with Crippen molar-refractivity contribution in [1.82, 2.24) is 9.88 Å². The number of carbonyl (C=O) groups excluding carboxylic acids is 1. The summed E-state index contributed by atoms with van der Waals surface area (Å²) in [5, 5.41) is 1.16. The fraction of sp³-hybridized carbons (Fsp3) is 0.391. The van der Waals surface area contributed by atoms with E-state index in [2.05, 4.69) is 46.8 Å². The number of morpholine rings is 1. The van der Waals surface area contributed by atoms with Gasteiger partial charge in [0.1, 0.15) is 0 Å². The van der Waals surface area contributed by atoms with Crippen LogP contribution in [-0.4, -0.2) is 55.2 Å². The number of hydrogen-bond donors (Lipinski definition) is 0. The minimum absolute atomic E-state index is 0.123. The van der Waals surface area contributed by atoms with E-state index >= 15 is 0 Å². The van der Waals surface area contributed by atoms with Crippen molar-refractivity contribution in [2.75, 3.05) is 44.3 Å². The smallest absolute Gasteiger partial charge is 0.261 e. The molecule has 2 heterocycles. The van der Waals surface area contributed by atoms with E-state index in [1.54, 1.807) is 28.4 Å². The number of aryl methyl sites for hydroxylation is 2. The molecule has 1 amide bonds. The topological polar surface area (TPSA) is 45.7 Å². The van der Waals surface area contributed by atoms with Gasteiger partial charge in [-0.2, -0.15) is 0 Å². The molecule has 0 saturated carbocycles. The quantitative estimate of drug-likeness (QED) is 0.417. The van der Waals surface area contributed by atoms with E-state index in [0.717, 1.165) is 64.7 Å². The van der Waals surface area contributed by atoms with Gasteiger partial charge < -0.3 is 4.74 Å². The van der Waals surface area contributed by atoms with E-state index in [1.807, 2.05) is 6.07 Å². The molecule has 0 spiro atoms. The van der Waals surface area contributed by atoms with Gasteiger partial charge in [0.05, 0.1) is 34.0 Å². The Morgan fingerprint density at radius 3 is 2.71 bits per heavy atom. The lowest BCUT2D eigenvalue weighted by molar-refractivity contribution is 0.0376. The number of nitrogens with zero attached hydrogens (tertiary/aromatic N) is 3. The van der Waals surface area contributed by atoms with E-state index < -0.39 is 0 Å².